The van der Waals surface area contributed by atoms with E-state index in [1.165, 1.54) is 23.4 Å². The molecule has 11 heteroatoms. The Labute approximate surface area is 215 Å². The van der Waals surface area contributed by atoms with Crippen LogP contribution in [0.3, 0.4) is 0 Å². The first-order valence-corrected chi connectivity index (χ1v) is 12.1. The maximum Gasteiger partial charge on any atom is 0.350 e. The molecule has 1 N–H and O–H groups in total. The van der Waals surface area contributed by atoms with E-state index in [4.69, 9.17) is 14.2 Å². The van der Waals surface area contributed by atoms with Crippen molar-refractivity contribution >= 4 is 39.9 Å². The van der Waals surface area contributed by atoms with Gasteiger partial charge in [0.05, 0.1) is 17.3 Å². The minimum Gasteiger partial charge on any atom is -0.507 e. The molecule has 2 aliphatic heterocycles. The summed E-state index contributed by atoms with van der Waals surface area (Å²) in [7, 11) is 0. The molecule has 1 aromatic carbocycles. The number of hydrogen-bond donors (Lipinski definition) is 1. The van der Waals surface area contributed by atoms with E-state index in [-0.39, 0.29) is 33.5 Å². The van der Waals surface area contributed by atoms with Crippen molar-refractivity contribution in [1.29, 1.82) is 0 Å². The van der Waals surface area contributed by atoms with Crippen LogP contribution in [-0.4, -0.2) is 52.6 Å². The summed E-state index contributed by atoms with van der Waals surface area (Å²) in [5.74, 6) is -1.84. The summed E-state index contributed by atoms with van der Waals surface area (Å²) in [5, 5.41) is 11.4. The number of nitrogens with zero attached hydrogens (tertiary/aromatic N) is 3. The van der Waals surface area contributed by atoms with Crippen molar-refractivity contribution in [2.24, 2.45) is 0 Å². The van der Waals surface area contributed by atoms with E-state index < -0.39 is 23.7 Å². The fraction of sp³-hybridized carbons (Fsp3) is 0.192. The lowest BCUT2D eigenvalue weighted by Gasteiger charge is -2.23. The van der Waals surface area contributed by atoms with Crippen LogP contribution in [0.25, 0.3) is 5.76 Å². The lowest BCUT2D eigenvalue weighted by atomic mass is 9.96. The molecular formula is C26H21N3O7S. The van der Waals surface area contributed by atoms with Gasteiger partial charge in [-0.25, -0.2) is 9.78 Å². The van der Waals surface area contributed by atoms with Crippen LogP contribution in [0.2, 0.25) is 0 Å². The number of rotatable bonds is 6. The molecule has 10 nitrogen and oxygen atoms in total. The van der Waals surface area contributed by atoms with Crippen molar-refractivity contribution in [3.63, 3.8) is 0 Å². The second kappa shape index (κ2) is 9.86. The number of hydrogen-bond acceptors (Lipinski definition) is 10. The van der Waals surface area contributed by atoms with Gasteiger partial charge in [-0.2, -0.15) is 0 Å². The predicted octanol–water partition coefficient (Wildman–Crippen LogP) is 3.59. The smallest absolute Gasteiger partial charge is 0.350 e. The second-order valence-corrected chi connectivity index (χ2v) is 9.08. The number of carbonyl (C=O) groups is 3. The average molecular weight is 520 g/mol. The Morgan fingerprint density at radius 2 is 1.95 bits per heavy atom. The highest BCUT2D eigenvalue weighted by Gasteiger charge is 2.48. The van der Waals surface area contributed by atoms with E-state index in [1.54, 1.807) is 37.3 Å². The largest absolute Gasteiger partial charge is 0.507 e. The number of esters is 1. The third kappa shape index (κ3) is 4.33. The summed E-state index contributed by atoms with van der Waals surface area (Å²) in [4.78, 5) is 48.9. The SMILES string of the molecule is C=CCOC(=O)c1sc(N2C(=O)C(=O)C(=C(O)c3ccc4c(c3)OCCO4)C2c2ccncc2)nc1C. The molecule has 2 aliphatic rings. The van der Waals surface area contributed by atoms with Crippen LogP contribution in [0.15, 0.2) is 61.0 Å². The maximum atomic E-state index is 13.3. The summed E-state index contributed by atoms with van der Waals surface area (Å²) in [5.41, 5.74) is 1.02. The minimum absolute atomic E-state index is 0.0164. The number of Topliss-reactive ketones (excluding diaryl/α,β-unsaturated/α-hetero) is 1. The van der Waals surface area contributed by atoms with E-state index in [9.17, 15) is 19.5 Å². The van der Waals surface area contributed by atoms with E-state index in [1.807, 2.05) is 0 Å². The molecule has 0 saturated carbocycles. The van der Waals surface area contributed by atoms with Crippen molar-refractivity contribution in [1.82, 2.24) is 9.97 Å². The molecule has 1 unspecified atom stereocenters. The van der Waals surface area contributed by atoms with Gasteiger partial charge in [-0.05, 0) is 42.8 Å². The minimum atomic E-state index is -1.02. The molecule has 1 saturated heterocycles. The number of aliphatic hydroxyl groups excluding tert-OH is 1. The number of anilines is 1. The Morgan fingerprint density at radius 1 is 1.22 bits per heavy atom. The molecule has 2 aromatic heterocycles. The van der Waals surface area contributed by atoms with Crippen LogP contribution >= 0.6 is 11.3 Å². The molecule has 1 amide bonds. The number of aryl methyl sites for hydroxylation is 1. The molecule has 4 heterocycles. The Balaban J connectivity index is 1.63. The fourth-order valence-corrected chi connectivity index (χ4v) is 5.10. The van der Waals surface area contributed by atoms with Crippen LogP contribution in [0.1, 0.15) is 32.5 Å². The lowest BCUT2D eigenvalue weighted by Crippen LogP contribution is -2.29. The number of ketones is 1. The van der Waals surface area contributed by atoms with Crippen molar-refractivity contribution in [3.8, 4) is 11.5 Å². The maximum absolute atomic E-state index is 13.3. The third-order valence-corrected chi connectivity index (χ3v) is 6.93. The molecule has 1 fully saturated rings. The van der Waals surface area contributed by atoms with Gasteiger partial charge in [-0.1, -0.05) is 24.0 Å². The molecule has 0 aliphatic carbocycles. The zero-order valence-corrected chi connectivity index (χ0v) is 20.5. The summed E-state index contributed by atoms with van der Waals surface area (Å²) in [6.07, 6.45) is 4.48. The summed E-state index contributed by atoms with van der Waals surface area (Å²) in [6.45, 7) is 5.90. The van der Waals surface area contributed by atoms with Crippen LogP contribution in [-0.2, 0) is 14.3 Å². The summed E-state index contributed by atoms with van der Waals surface area (Å²) >= 11 is 0.924. The van der Waals surface area contributed by atoms with Crippen LogP contribution in [0, 0.1) is 6.92 Å². The van der Waals surface area contributed by atoms with Gasteiger partial charge in [0.25, 0.3) is 5.78 Å². The zero-order chi connectivity index (χ0) is 26.1. The van der Waals surface area contributed by atoms with Gasteiger partial charge < -0.3 is 19.3 Å². The first-order chi connectivity index (χ1) is 17.9. The van der Waals surface area contributed by atoms with Crippen LogP contribution in [0.5, 0.6) is 11.5 Å². The van der Waals surface area contributed by atoms with E-state index in [2.05, 4.69) is 16.5 Å². The van der Waals surface area contributed by atoms with E-state index in [0.717, 1.165) is 11.3 Å². The molecule has 1 atom stereocenters. The highest BCUT2D eigenvalue weighted by Crippen LogP contribution is 2.44. The number of aliphatic hydroxyl groups is 1. The molecule has 0 bridgehead atoms. The number of amides is 1. The van der Waals surface area contributed by atoms with E-state index in [0.29, 0.717) is 36.0 Å². The summed E-state index contributed by atoms with van der Waals surface area (Å²) < 4.78 is 16.3. The third-order valence-electron chi connectivity index (χ3n) is 5.79. The van der Waals surface area contributed by atoms with Crippen LogP contribution in [0.4, 0.5) is 5.13 Å². The van der Waals surface area contributed by atoms with E-state index >= 15 is 0 Å². The predicted molar refractivity (Wildman–Crippen MR) is 134 cm³/mol. The number of benzene rings is 1. The van der Waals surface area contributed by atoms with Gasteiger partial charge in [-0.3, -0.25) is 19.5 Å². The number of fused-ring (bicyclic) bond motifs is 1. The number of aromatic nitrogens is 2. The Hall–Kier alpha value is -4.51. The fourth-order valence-electron chi connectivity index (χ4n) is 4.11. The van der Waals surface area contributed by atoms with Gasteiger partial charge >= 0.3 is 11.9 Å². The Morgan fingerprint density at radius 3 is 2.68 bits per heavy atom. The highest BCUT2D eigenvalue weighted by molar-refractivity contribution is 7.17. The standard InChI is InChI=1S/C26H21N3O7S/c1-3-10-36-25(33)23-14(2)28-26(37-23)29-20(15-6-8-27-9-7-15)19(22(31)24(29)32)21(30)16-4-5-17-18(13-16)35-12-11-34-17/h3-9,13,20,30H,1,10-12H2,2H3. The highest BCUT2D eigenvalue weighted by atomic mass is 32.1. The quantitative estimate of drug-likeness (QED) is 0.171. The molecular weight excluding hydrogens is 498 g/mol. The molecule has 3 aromatic rings. The van der Waals surface area contributed by atoms with Crippen LogP contribution < -0.4 is 14.4 Å². The van der Waals surface area contributed by atoms with Gasteiger partial charge in [0.2, 0.25) is 0 Å². The topological polar surface area (TPSA) is 128 Å². The molecule has 5 rings (SSSR count). The Bertz CT molecular complexity index is 1450. The van der Waals surface area contributed by atoms with Gasteiger partial charge in [-0.15, -0.1) is 0 Å². The average Bonchev–Trinajstić information content (AvgIpc) is 3.43. The monoisotopic (exact) mass is 519 g/mol. The molecule has 37 heavy (non-hydrogen) atoms. The number of thiazole rings is 1. The van der Waals surface area contributed by atoms with Gasteiger partial charge in [0.1, 0.15) is 30.5 Å². The van der Waals surface area contributed by atoms with Gasteiger partial charge in [0, 0.05) is 18.0 Å². The van der Waals surface area contributed by atoms with Crippen molar-refractivity contribution in [2.75, 3.05) is 24.7 Å². The van der Waals surface area contributed by atoms with Crippen molar-refractivity contribution in [3.05, 3.63) is 82.7 Å². The first kappa shape index (κ1) is 24.2. The normalized spacial score (nSPS) is 18.1. The number of ether oxygens (including phenoxy) is 3. The first-order valence-electron chi connectivity index (χ1n) is 11.3. The lowest BCUT2D eigenvalue weighted by molar-refractivity contribution is -0.132. The number of carbonyl (C=O) groups excluding carboxylic acids is 3. The number of pyridine rings is 1. The second-order valence-electron chi connectivity index (χ2n) is 8.11. The van der Waals surface area contributed by atoms with Gasteiger partial charge in [0.15, 0.2) is 16.6 Å². The molecule has 188 valence electrons. The van der Waals surface area contributed by atoms with Crippen molar-refractivity contribution in [2.45, 2.75) is 13.0 Å². The zero-order valence-electron chi connectivity index (χ0n) is 19.7. The van der Waals surface area contributed by atoms with Crippen molar-refractivity contribution < 1.29 is 33.7 Å². The Kier molecular flexibility index (Phi) is 6.45. The molecule has 0 spiro atoms. The summed E-state index contributed by atoms with van der Waals surface area (Å²) in [6, 6.07) is 7.04. The molecule has 0 radical (unpaired) electrons.